The Balaban J connectivity index is 1.70. The number of nitrogens with one attached hydrogen (secondary N) is 2. The van der Waals surface area contributed by atoms with Crippen LogP contribution >= 0.6 is 0 Å². The molecule has 1 saturated heterocycles. The van der Waals surface area contributed by atoms with Crippen molar-refractivity contribution in [2.45, 2.75) is 33.9 Å². The standard InChI is InChI=1S/C20H23N5O3/c1-13-5-4-6-16(7-13)11-24-12-19(26)25(20(24)27)17(8-21)9-22-10-18-14(2)23-28-15(18)3/h4-9,21-22H,10-12H2,1-3H3/b17-9+,21-8?. The number of carbonyl (C=O) groups is 2. The van der Waals surface area contributed by atoms with Gasteiger partial charge in [-0.3, -0.25) is 4.79 Å². The summed E-state index contributed by atoms with van der Waals surface area (Å²) in [5.74, 6) is 0.346. The van der Waals surface area contributed by atoms with E-state index in [1.54, 1.807) is 0 Å². The van der Waals surface area contributed by atoms with Crippen LogP contribution in [0.2, 0.25) is 0 Å². The number of urea groups is 1. The lowest BCUT2D eigenvalue weighted by Crippen LogP contribution is -2.33. The van der Waals surface area contributed by atoms with E-state index in [0.29, 0.717) is 18.8 Å². The highest BCUT2D eigenvalue weighted by molar-refractivity contribution is 6.07. The summed E-state index contributed by atoms with van der Waals surface area (Å²) in [6.07, 6.45) is 2.48. The number of amides is 3. The average Bonchev–Trinajstić information content (AvgIpc) is 3.12. The quantitative estimate of drug-likeness (QED) is 0.567. The summed E-state index contributed by atoms with van der Waals surface area (Å²) in [5.41, 5.74) is 3.91. The maximum atomic E-state index is 12.7. The minimum atomic E-state index is -0.430. The Morgan fingerprint density at radius 1 is 1.32 bits per heavy atom. The molecule has 0 aliphatic carbocycles. The molecule has 0 saturated carbocycles. The fourth-order valence-corrected chi connectivity index (χ4v) is 3.14. The van der Waals surface area contributed by atoms with Crippen molar-refractivity contribution in [2.24, 2.45) is 0 Å². The average molecular weight is 381 g/mol. The number of aryl methyl sites for hydroxylation is 3. The van der Waals surface area contributed by atoms with Gasteiger partial charge in [0.2, 0.25) is 0 Å². The Hall–Kier alpha value is -3.42. The molecule has 8 heteroatoms. The highest BCUT2D eigenvalue weighted by atomic mass is 16.5. The third-order valence-corrected chi connectivity index (χ3v) is 4.61. The van der Waals surface area contributed by atoms with Crippen molar-refractivity contribution in [2.75, 3.05) is 6.54 Å². The zero-order valence-corrected chi connectivity index (χ0v) is 16.2. The largest absolute Gasteiger partial charge is 0.385 e. The summed E-state index contributed by atoms with van der Waals surface area (Å²) in [5, 5.41) is 14.5. The van der Waals surface area contributed by atoms with Crippen molar-refractivity contribution in [1.29, 1.82) is 5.41 Å². The van der Waals surface area contributed by atoms with Crippen molar-refractivity contribution >= 4 is 18.2 Å². The van der Waals surface area contributed by atoms with Crippen LogP contribution in [-0.2, 0) is 17.9 Å². The van der Waals surface area contributed by atoms with Gasteiger partial charge in [0.1, 0.15) is 12.3 Å². The van der Waals surface area contributed by atoms with Crippen LogP contribution in [0.4, 0.5) is 4.79 Å². The monoisotopic (exact) mass is 381 g/mol. The maximum absolute atomic E-state index is 12.7. The molecule has 2 heterocycles. The first kappa shape index (κ1) is 19.3. The molecule has 28 heavy (non-hydrogen) atoms. The lowest BCUT2D eigenvalue weighted by Gasteiger charge is -2.18. The second kappa shape index (κ2) is 8.08. The fraction of sp³-hybridized carbons (Fsp3) is 0.300. The summed E-state index contributed by atoms with van der Waals surface area (Å²) < 4.78 is 5.11. The van der Waals surface area contributed by atoms with Gasteiger partial charge in [0.15, 0.2) is 0 Å². The van der Waals surface area contributed by atoms with Gasteiger partial charge in [-0.1, -0.05) is 35.0 Å². The number of imide groups is 1. The smallest absolute Gasteiger partial charge is 0.332 e. The Labute approximate surface area is 163 Å². The molecular formula is C20H23N5O3. The summed E-state index contributed by atoms with van der Waals surface area (Å²) in [4.78, 5) is 27.7. The van der Waals surface area contributed by atoms with E-state index in [1.807, 2.05) is 45.0 Å². The van der Waals surface area contributed by atoms with Gasteiger partial charge >= 0.3 is 6.03 Å². The third kappa shape index (κ3) is 3.95. The van der Waals surface area contributed by atoms with E-state index in [-0.39, 0.29) is 18.1 Å². The first-order valence-corrected chi connectivity index (χ1v) is 8.94. The molecule has 0 unspecified atom stereocenters. The molecule has 1 fully saturated rings. The molecule has 8 nitrogen and oxygen atoms in total. The van der Waals surface area contributed by atoms with Crippen LogP contribution in [0, 0.1) is 26.2 Å². The summed E-state index contributed by atoms with van der Waals surface area (Å²) in [7, 11) is 0. The van der Waals surface area contributed by atoms with Gasteiger partial charge in [0, 0.05) is 31.1 Å². The second-order valence-electron chi connectivity index (χ2n) is 6.75. The lowest BCUT2D eigenvalue weighted by molar-refractivity contribution is -0.123. The molecule has 2 N–H and O–H groups in total. The Kier molecular flexibility index (Phi) is 5.58. The van der Waals surface area contributed by atoms with E-state index in [9.17, 15) is 9.59 Å². The molecule has 1 aliphatic heterocycles. The lowest BCUT2D eigenvalue weighted by atomic mass is 10.1. The van der Waals surface area contributed by atoms with E-state index in [2.05, 4.69) is 10.5 Å². The third-order valence-electron chi connectivity index (χ3n) is 4.61. The van der Waals surface area contributed by atoms with Crippen LogP contribution in [0.1, 0.15) is 28.1 Å². The van der Waals surface area contributed by atoms with Crippen LogP contribution in [0.5, 0.6) is 0 Å². The van der Waals surface area contributed by atoms with Gasteiger partial charge in [-0.25, -0.2) is 9.69 Å². The Morgan fingerprint density at radius 2 is 2.11 bits per heavy atom. The molecule has 3 amide bonds. The number of allylic oxidation sites excluding steroid dienone is 1. The summed E-state index contributed by atoms with van der Waals surface area (Å²) in [6, 6.07) is 7.38. The van der Waals surface area contributed by atoms with Gasteiger partial charge < -0.3 is 20.1 Å². The first-order valence-electron chi connectivity index (χ1n) is 8.94. The number of hydrogen-bond donors (Lipinski definition) is 2. The van der Waals surface area contributed by atoms with Gasteiger partial charge in [-0.2, -0.15) is 0 Å². The molecule has 0 radical (unpaired) electrons. The molecule has 1 aromatic carbocycles. The molecule has 3 rings (SSSR count). The number of benzene rings is 1. The van der Waals surface area contributed by atoms with Gasteiger partial charge in [0.05, 0.1) is 11.4 Å². The highest BCUT2D eigenvalue weighted by Gasteiger charge is 2.37. The zero-order valence-electron chi connectivity index (χ0n) is 16.2. The second-order valence-corrected chi connectivity index (χ2v) is 6.75. The molecule has 2 aromatic rings. The van der Waals surface area contributed by atoms with Gasteiger partial charge in [-0.15, -0.1) is 0 Å². The van der Waals surface area contributed by atoms with E-state index in [0.717, 1.165) is 33.5 Å². The molecule has 1 aliphatic rings. The van der Waals surface area contributed by atoms with E-state index in [4.69, 9.17) is 9.93 Å². The normalized spacial score (nSPS) is 14.8. The van der Waals surface area contributed by atoms with Crippen LogP contribution in [0.3, 0.4) is 0 Å². The number of aromatic nitrogens is 1. The minimum absolute atomic E-state index is 0.0121. The number of nitrogens with zero attached hydrogens (tertiary/aromatic N) is 3. The van der Waals surface area contributed by atoms with Crippen molar-refractivity contribution in [3.8, 4) is 0 Å². The minimum Gasteiger partial charge on any atom is -0.385 e. The van der Waals surface area contributed by atoms with Crippen molar-refractivity contribution in [3.05, 3.63) is 64.3 Å². The maximum Gasteiger partial charge on any atom is 0.332 e. The molecule has 146 valence electrons. The highest BCUT2D eigenvalue weighted by Crippen LogP contribution is 2.19. The van der Waals surface area contributed by atoms with Crippen molar-refractivity contribution in [3.63, 3.8) is 0 Å². The summed E-state index contributed by atoms with van der Waals surface area (Å²) >= 11 is 0. The predicted molar refractivity (Wildman–Crippen MR) is 104 cm³/mol. The molecule has 0 bridgehead atoms. The predicted octanol–water partition coefficient (Wildman–Crippen LogP) is 2.64. The Bertz CT molecular complexity index is 928. The van der Waals surface area contributed by atoms with Gasteiger partial charge in [-0.05, 0) is 26.3 Å². The van der Waals surface area contributed by atoms with Crippen LogP contribution < -0.4 is 5.32 Å². The number of hydrogen-bond acceptors (Lipinski definition) is 6. The number of carbonyl (C=O) groups excluding carboxylic acids is 2. The van der Waals surface area contributed by atoms with E-state index >= 15 is 0 Å². The summed E-state index contributed by atoms with van der Waals surface area (Å²) in [6.45, 7) is 6.39. The van der Waals surface area contributed by atoms with E-state index < -0.39 is 6.03 Å². The van der Waals surface area contributed by atoms with Gasteiger partial charge in [0.25, 0.3) is 5.91 Å². The van der Waals surface area contributed by atoms with Crippen LogP contribution in [0.15, 0.2) is 40.7 Å². The number of rotatable bonds is 7. The Morgan fingerprint density at radius 3 is 2.75 bits per heavy atom. The fourth-order valence-electron chi connectivity index (χ4n) is 3.14. The van der Waals surface area contributed by atoms with E-state index in [1.165, 1.54) is 11.1 Å². The first-order chi connectivity index (χ1) is 13.4. The van der Waals surface area contributed by atoms with Crippen molar-refractivity contribution < 1.29 is 14.1 Å². The molecule has 0 spiro atoms. The SMILES string of the molecule is Cc1cccc(CN2CC(=O)N(/C(C=N)=C/NCc3c(C)noc3C)C2=O)c1. The molecule has 0 atom stereocenters. The van der Waals surface area contributed by atoms with Crippen molar-refractivity contribution in [1.82, 2.24) is 20.3 Å². The topological polar surface area (TPSA) is 103 Å². The zero-order chi connectivity index (χ0) is 20.3. The molecule has 1 aromatic heterocycles. The van der Waals surface area contributed by atoms with Crippen LogP contribution in [-0.4, -0.2) is 39.7 Å². The molecular weight excluding hydrogens is 358 g/mol. The van der Waals surface area contributed by atoms with Crippen LogP contribution in [0.25, 0.3) is 0 Å².